The fourth-order valence-corrected chi connectivity index (χ4v) is 4.01. The van der Waals surface area contributed by atoms with Gasteiger partial charge >= 0.3 is 0 Å². The number of rotatable bonds is 8. The van der Waals surface area contributed by atoms with Gasteiger partial charge in [0.2, 0.25) is 11.8 Å². The first kappa shape index (κ1) is 18.9. The van der Waals surface area contributed by atoms with Crippen LogP contribution in [0.2, 0.25) is 0 Å². The Balaban J connectivity index is 1.37. The maximum Gasteiger partial charge on any atom is 0.226 e. The third-order valence-corrected chi connectivity index (χ3v) is 5.82. The largest absolute Gasteiger partial charge is 0.356 e. The zero-order chi connectivity index (χ0) is 18.4. The van der Waals surface area contributed by atoms with Crippen LogP contribution in [0.4, 0.5) is 0 Å². The molecule has 2 aliphatic rings. The molecule has 4 heteroatoms. The van der Waals surface area contributed by atoms with E-state index >= 15 is 0 Å². The van der Waals surface area contributed by atoms with E-state index < -0.39 is 0 Å². The van der Waals surface area contributed by atoms with Crippen LogP contribution < -0.4 is 5.32 Å². The topological polar surface area (TPSA) is 49.4 Å². The fraction of sp³-hybridized carbons (Fsp3) is 0.636. The summed E-state index contributed by atoms with van der Waals surface area (Å²) in [4.78, 5) is 26.8. The van der Waals surface area contributed by atoms with Crippen molar-refractivity contribution in [3.05, 3.63) is 35.9 Å². The molecular weight excluding hydrogens is 324 g/mol. The van der Waals surface area contributed by atoms with Crippen LogP contribution >= 0.6 is 0 Å². The predicted molar refractivity (Wildman–Crippen MR) is 104 cm³/mol. The number of amides is 2. The van der Waals surface area contributed by atoms with Crippen molar-refractivity contribution < 1.29 is 9.59 Å². The van der Waals surface area contributed by atoms with Crippen molar-refractivity contribution in [2.75, 3.05) is 19.6 Å². The summed E-state index contributed by atoms with van der Waals surface area (Å²) in [7, 11) is 0. The van der Waals surface area contributed by atoms with Crippen LogP contribution in [0.5, 0.6) is 0 Å². The average Bonchev–Trinajstić information content (AvgIpc) is 3.47. The molecule has 4 nitrogen and oxygen atoms in total. The SMILES string of the molecule is CCCCCNC(=O)C1CC1C(=O)N1CCC(Cc2ccccc2)CC1. The lowest BCUT2D eigenvalue weighted by Crippen LogP contribution is -2.40. The molecule has 0 bridgehead atoms. The van der Waals surface area contributed by atoms with E-state index in [4.69, 9.17) is 0 Å². The van der Waals surface area contributed by atoms with Crippen LogP contribution in [0.1, 0.15) is 51.0 Å². The number of nitrogens with zero attached hydrogens (tertiary/aromatic N) is 1. The Morgan fingerprint density at radius 1 is 1.08 bits per heavy atom. The summed E-state index contributed by atoms with van der Waals surface area (Å²) in [6, 6.07) is 10.6. The quantitative estimate of drug-likeness (QED) is 0.726. The summed E-state index contributed by atoms with van der Waals surface area (Å²) in [6.45, 7) is 4.59. The van der Waals surface area contributed by atoms with Crippen molar-refractivity contribution in [1.82, 2.24) is 10.2 Å². The van der Waals surface area contributed by atoms with Crippen LogP contribution in [0.25, 0.3) is 0 Å². The average molecular weight is 357 g/mol. The van der Waals surface area contributed by atoms with Gasteiger partial charge in [-0.05, 0) is 43.6 Å². The normalized spacial score (nSPS) is 22.9. The number of nitrogens with one attached hydrogen (secondary N) is 1. The molecule has 1 saturated heterocycles. The van der Waals surface area contributed by atoms with Gasteiger partial charge in [-0.2, -0.15) is 0 Å². The maximum absolute atomic E-state index is 12.7. The molecule has 26 heavy (non-hydrogen) atoms. The molecule has 0 spiro atoms. The Kier molecular flexibility index (Phi) is 6.70. The number of hydrogen-bond donors (Lipinski definition) is 1. The Morgan fingerprint density at radius 2 is 1.81 bits per heavy atom. The molecule has 0 radical (unpaired) electrons. The monoisotopic (exact) mass is 356 g/mol. The van der Waals surface area contributed by atoms with Gasteiger partial charge in [-0.15, -0.1) is 0 Å². The van der Waals surface area contributed by atoms with Crippen LogP contribution in [-0.2, 0) is 16.0 Å². The lowest BCUT2D eigenvalue weighted by Gasteiger charge is -2.32. The lowest BCUT2D eigenvalue weighted by molar-refractivity contribution is -0.136. The highest BCUT2D eigenvalue weighted by Crippen LogP contribution is 2.40. The molecule has 0 aromatic heterocycles. The maximum atomic E-state index is 12.7. The van der Waals surface area contributed by atoms with Crippen LogP contribution in [0, 0.1) is 17.8 Å². The van der Waals surface area contributed by atoms with E-state index in [1.807, 2.05) is 4.90 Å². The van der Waals surface area contributed by atoms with Gasteiger partial charge in [0.25, 0.3) is 0 Å². The van der Waals surface area contributed by atoms with Gasteiger partial charge in [0.15, 0.2) is 0 Å². The molecule has 2 unspecified atom stereocenters. The van der Waals surface area contributed by atoms with Gasteiger partial charge in [-0.1, -0.05) is 50.1 Å². The van der Waals surface area contributed by atoms with E-state index in [1.165, 1.54) is 5.56 Å². The van der Waals surface area contributed by atoms with Crippen LogP contribution in [0.3, 0.4) is 0 Å². The first-order valence-corrected chi connectivity index (χ1v) is 10.3. The molecule has 1 heterocycles. The Morgan fingerprint density at radius 3 is 2.50 bits per heavy atom. The number of carbonyl (C=O) groups is 2. The second-order valence-electron chi connectivity index (χ2n) is 7.91. The van der Waals surface area contributed by atoms with E-state index in [1.54, 1.807) is 0 Å². The summed E-state index contributed by atoms with van der Waals surface area (Å²) in [6.07, 6.45) is 7.31. The highest BCUT2D eigenvalue weighted by molar-refractivity contribution is 5.92. The smallest absolute Gasteiger partial charge is 0.226 e. The zero-order valence-electron chi connectivity index (χ0n) is 16.0. The number of carbonyl (C=O) groups excluding carboxylic acids is 2. The predicted octanol–water partition coefficient (Wildman–Crippen LogP) is 3.41. The van der Waals surface area contributed by atoms with Gasteiger partial charge in [0, 0.05) is 19.6 Å². The molecule has 2 atom stereocenters. The Labute approximate surface area is 157 Å². The molecule has 1 aromatic rings. The minimum Gasteiger partial charge on any atom is -0.356 e. The second kappa shape index (κ2) is 9.20. The molecule has 142 valence electrons. The van der Waals surface area contributed by atoms with Gasteiger partial charge in [0.05, 0.1) is 11.8 Å². The van der Waals surface area contributed by atoms with Crippen molar-refractivity contribution >= 4 is 11.8 Å². The first-order chi connectivity index (χ1) is 12.7. The Bertz CT molecular complexity index is 593. The minimum absolute atomic E-state index is 0.0631. The molecular formula is C22H32N2O2. The summed E-state index contributed by atoms with van der Waals surface area (Å²) in [5.74, 6) is 0.812. The van der Waals surface area contributed by atoms with Crippen molar-refractivity contribution in [3.63, 3.8) is 0 Å². The van der Waals surface area contributed by atoms with Crippen LogP contribution in [0.15, 0.2) is 30.3 Å². The summed E-state index contributed by atoms with van der Waals surface area (Å²) < 4.78 is 0. The third-order valence-electron chi connectivity index (χ3n) is 5.82. The van der Waals surface area contributed by atoms with E-state index in [0.717, 1.165) is 64.6 Å². The van der Waals surface area contributed by atoms with Crippen molar-refractivity contribution in [3.8, 4) is 0 Å². The molecule has 1 aliphatic heterocycles. The van der Waals surface area contributed by atoms with Crippen molar-refractivity contribution in [2.45, 2.75) is 51.9 Å². The van der Waals surface area contributed by atoms with Gasteiger partial charge in [-0.3, -0.25) is 9.59 Å². The zero-order valence-corrected chi connectivity index (χ0v) is 16.0. The van der Waals surface area contributed by atoms with E-state index in [0.29, 0.717) is 5.92 Å². The molecule has 1 N–H and O–H groups in total. The third kappa shape index (κ3) is 5.09. The van der Waals surface area contributed by atoms with E-state index in [9.17, 15) is 9.59 Å². The number of hydrogen-bond acceptors (Lipinski definition) is 2. The fourth-order valence-electron chi connectivity index (χ4n) is 4.01. The van der Waals surface area contributed by atoms with E-state index in [-0.39, 0.29) is 23.7 Å². The molecule has 2 fully saturated rings. The van der Waals surface area contributed by atoms with Crippen molar-refractivity contribution in [1.29, 1.82) is 0 Å². The number of benzene rings is 1. The first-order valence-electron chi connectivity index (χ1n) is 10.3. The molecule has 1 aromatic carbocycles. The number of piperidine rings is 1. The van der Waals surface area contributed by atoms with Gasteiger partial charge in [0.1, 0.15) is 0 Å². The minimum atomic E-state index is -0.0776. The van der Waals surface area contributed by atoms with E-state index in [2.05, 4.69) is 42.6 Å². The van der Waals surface area contributed by atoms with Gasteiger partial charge < -0.3 is 10.2 Å². The highest BCUT2D eigenvalue weighted by Gasteiger charge is 2.49. The summed E-state index contributed by atoms with van der Waals surface area (Å²) >= 11 is 0. The van der Waals surface area contributed by atoms with Crippen LogP contribution in [-0.4, -0.2) is 36.3 Å². The second-order valence-corrected chi connectivity index (χ2v) is 7.91. The Hall–Kier alpha value is -1.84. The van der Waals surface area contributed by atoms with Crippen molar-refractivity contribution in [2.24, 2.45) is 17.8 Å². The molecule has 3 rings (SSSR count). The lowest BCUT2D eigenvalue weighted by atomic mass is 9.90. The molecule has 2 amide bonds. The number of unbranched alkanes of at least 4 members (excludes halogenated alkanes) is 2. The summed E-state index contributed by atoms with van der Waals surface area (Å²) in [5, 5.41) is 2.99. The molecule has 1 saturated carbocycles. The van der Waals surface area contributed by atoms with Gasteiger partial charge in [-0.25, -0.2) is 0 Å². The standard InChI is InChI=1S/C22H32N2O2/c1-2-3-7-12-23-21(25)19-16-20(19)22(26)24-13-10-18(11-14-24)15-17-8-5-4-6-9-17/h4-6,8-9,18-20H,2-3,7,10-16H2,1H3,(H,23,25). The number of likely N-dealkylation sites (tertiary alicyclic amines) is 1. The molecule has 1 aliphatic carbocycles. The highest BCUT2D eigenvalue weighted by atomic mass is 16.2. The summed E-state index contributed by atoms with van der Waals surface area (Å²) in [5.41, 5.74) is 1.39.